The molecule has 3 rings (SSSR count). The van der Waals surface area contributed by atoms with Crippen LogP contribution in [0.15, 0.2) is 78.0 Å². The van der Waals surface area contributed by atoms with E-state index in [9.17, 15) is 13.2 Å². The first kappa shape index (κ1) is 19.0. The van der Waals surface area contributed by atoms with E-state index in [2.05, 4.69) is 15.0 Å². The number of nitrogens with one attached hydrogen (secondary N) is 2. The van der Waals surface area contributed by atoms with Crippen molar-refractivity contribution in [3.8, 4) is 0 Å². The molecule has 1 amide bonds. The van der Waals surface area contributed by atoms with E-state index in [1.54, 1.807) is 60.9 Å². The number of halogens is 1. The standard InChI is InChI=1S/C19H16ClN3O3S/c20-16-3-1-5-18(11-16)27(25,26)22-12-14-6-8-15(9-7-14)19(24)23-17-4-2-10-21-13-17/h1-11,13,22H,12H2,(H,23,24). The maximum absolute atomic E-state index is 12.3. The van der Waals surface area contributed by atoms with Crippen molar-refractivity contribution in [1.29, 1.82) is 0 Å². The summed E-state index contributed by atoms with van der Waals surface area (Å²) < 4.78 is 27.1. The van der Waals surface area contributed by atoms with Crippen LogP contribution in [-0.2, 0) is 16.6 Å². The lowest BCUT2D eigenvalue weighted by Crippen LogP contribution is -2.23. The Kier molecular flexibility index (Phi) is 5.85. The second kappa shape index (κ2) is 8.30. The molecule has 3 aromatic rings. The summed E-state index contributed by atoms with van der Waals surface area (Å²) in [5, 5.41) is 3.08. The molecule has 2 aromatic carbocycles. The molecule has 138 valence electrons. The summed E-state index contributed by atoms with van der Waals surface area (Å²) >= 11 is 5.84. The lowest BCUT2D eigenvalue weighted by atomic mass is 10.1. The number of sulfonamides is 1. The van der Waals surface area contributed by atoms with Gasteiger partial charge in [-0.3, -0.25) is 9.78 Å². The summed E-state index contributed by atoms with van der Waals surface area (Å²) in [6.07, 6.45) is 3.17. The summed E-state index contributed by atoms with van der Waals surface area (Å²) in [6, 6.07) is 16.2. The van der Waals surface area contributed by atoms with Gasteiger partial charge in [0.25, 0.3) is 5.91 Å². The van der Waals surface area contributed by atoms with Gasteiger partial charge in [-0.05, 0) is 48.0 Å². The van der Waals surface area contributed by atoms with E-state index < -0.39 is 10.0 Å². The van der Waals surface area contributed by atoms with Gasteiger partial charge in [0.05, 0.1) is 16.8 Å². The topological polar surface area (TPSA) is 88.2 Å². The van der Waals surface area contributed by atoms with E-state index >= 15 is 0 Å². The van der Waals surface area contributed by atoms with Gasteiger partial charge in [-0.15, -0.1) is 0 Å². The van der Waals surface area contributed by atoms with E-state index in [1.165, 1.54) is 12.1 Å². The molecule has 0 unspecified atom stereocenters. The minimum Gasteiger partial charge on any atom is -0.321 e. The van der Waals surface area contributed by atoms with Gasteiger partial charge < -0.3 is 5.32 Å². The molecule has 1 heterocycles. The fourth-order valence-corrected chi connectivity index (χ4v) is 3.63. The Balaban J connectivity index is 1.63. The number of carbonyl (C=O) groups is 1. The summed E-state index contributed by atoms with van der Waals surface area (Å²) in [5.74, 6) is -0.269. The van der Waals surface area contributed by atoms with Crippen molar-refractivity contribution in [3.05, 3.63) is 89.2 Å². The molecule has 0 saturated carbocycles. The van der Waals surface area contributed by atoms with Crippen LogP contribution in [0.5, 0.6) is 0 Å². The molecule has 8 heteroatoms. The van der Waals surface area contributed by atoms with Crippen LogP contribution in [0.25, 0.3) is 0 Å². The Morgan fingerprint density at radius 2 is 1.81 bits per heavy atom. The van der Waals surface area contributed by atoms with Crippen LogP contribution < -0.4 is 10.0 Å². The number of anilines is 1. The molecule has 0 radical (unpaired) electrons. The largest absolute Gasteiger partial charge is 0.321 e. The van der Waals surface area contributed by atoms with Crippen molar-refractivity contribution in [3.63, 3.8) is 0 Å². The van der Waals surface area contributed by atoms with E-state index in [0.717, 1.165) is 5.56 Å². The lowest BCUT2D eigenvalue weighted by Gasteiger charge is -2.08. The molecular formula is C19H16ClN3O3S. The molecular weight excluding hydrogens is 386 g/mol. The summed E-state index contributed by atoms with van der Waals surface area (Å²) in [7, 11) is -3.67. The first-order valence-corrected chi connectivity index (χ1v) is 9.86. The number of amides is 1. The van der Waals surface area contributed by atoms with Crippen molar-refractivity contribution in [2.75, 3.05) is 5.32 Å². The van der Waals surface area contributed by atoms with Crippen LogP contribution in [-0.4, -0.2) is 19.3 Å². The van der Waals surface area contributed by atoms with Crippen molar-refractivity contribution in [2.24, 2.45) is 0 Å². The molecule has 0 bridgehead atoms. The van der Waals surface area contributed by atoms with Gasteiger partial charge in [0.2, 0.25) is 10.0 Å². The quantitative estimate of drug-likeness (QED) is 0.662. The highest BCUT2D eigenvalue weighted by molar-refractivity contribution is 7.89. The highest BCUT2D eigenvalue weighted by Gasteiger charge is 2.14. The van der Waals surface area contributed by atoms with Gasteiger partial charge in [0.15, 0.2) is 0 Å². The van der Waals surface area contributed by atoms with Gasteiger partial charge in [-0.1, -0.05) is 29.8 Å². The highest BCUT2D eigenvalue weighted by Crippen LogP contribution is 2.16. The van der Waals surface area contributed by atoms with Gasteiger partial charge >= 0.3 is 0 Å². The number of hydrogen-bond acceptors (Lipinski definition) is 4. The van der Waals surface area contributed by atoms with Crippen LogP contribution in [0.1, 0.15) is 15.9 Å². The van der Waals surface area contributed by atoms with Gasteiger partial charge in [-0.2, -0.15) is 0 Å². The van der Waals surface area contributed by atoms with Crippen LogP contribution in [0.2, 0.25) is 5.02 Å². The summed E-state index contributed by atoms with van der Waals surface area (Å²) in [5.41, 5.74) is 1.78. The molecule has 2 N–H and O–H groups in total. The first-order chi connectivity index (χ1) is 12.9. The number of nitrogens with zero attached hydrogens (tertiary/aromatic N) is 1. The predicted octanol–water partition coefficient (Wildman–Crippen LogP) is 3.47. The normalized spacial score (nSPS) is 11.1. The van der Waals surface area contributed by atoms with Crippen molar-refractivity contribution in [2.45, 2.75) is 11.4 Å². The number of carbonyl (C=O) groups excluding carboxylic acids is 1. The molecule has 0 aliphatic heterocycles. The lowest BCUT2D eigenvalue weighted by molar-refractivity contribution is 0.102. The Morgan fingerprint density at radius 3 is 2.48 bits per heavy atom. The first-order valence-electron chi connectivity index (χ1n) is 7.99. The zero-order valence-electron chi connectivity index (χ0n) is 14.1. The number of benzene rings is 2. The second-order valence-electron chi connectivity index (χ2n) is 5.67. The summed E-state index contributed by atoms with van der Waals surface area (Å²) in [6.45, 7) is 0.0966. The van der Waals surface area contributed by atoms with Crippen molar-refractivity contribution >= 4 is 33.2 Å². The van der Waals surface area contributed by atoms with Crippen molar-refractivity contribution < 1.29 is 13.2 Å². The molecule has 27 heavy (non-hydrogen) atoms. The van der Waals surface area contributed by atoms with E-state index in [1.807, 2.05) is 0 Å². The average Bonchev–Trinajstić information content (AvgIpc) is 2.68. The molecule has 1 aromatic heterocycles. The Bertz CT molecular complexity index is 1040. The number of pyridine rings is 1. The third kappa shape index (κ3) is 5.13. The van der Waals surface area contributed by atoms with E-state index in [0.29, 0.717) is 16.3 Å². The number of hydrogen-bond donors (Lipinski definition) is 2. The SMILES string of the molecule is O=C(Nc1cccnc1)c1ccc(CNS(=O)(=O)c2cccc(Cl)c2)cc1. The molecule has 0 spiro atoms. The van der Waals surface area contributed by atoms with E-state index in [-0.39, 0.29) is 17.3 Å². The molecule has 6 nitrogen and oxygen atoms in total. The van der Waals surface area contributed by atoms with Crippen molar-refractivity contribution in [1.82, 2.24) is 9.71 Å². The van der Waals surface area contributed by atoms with E-state index in [4.69, 9.17) is 11.6 Å². The van der Waals surface area contributed by atoms with Gasteiger partial charge in [0, 0.05) is 23.3 Å². The number of rotatable bonds is 6. The maximum Gasteiger partial charge on any atom is 0.255 e. The fourth-order valence-electron chi connectivity index (χ4n) is 2.31. The Labute approximate surface area is 162 Å². The average molecular weight is 402 g/mol. The smallest absolute Gasteiger partial charge is 0.255 e. The van der Waals surface area contributed by atoms with Crippen LogP contribution >= 0.6 is 11.6 Å². The Hall–Kier alpha value is -2.74. The zero-order chi connectivity index (χ0) is 19.3. The predicted molar refractivity (Wildman–Crippen MR) is 104 cm³/mol. The van der Waals surface area contributed by atoms with Gasteiger partial charge in [0.1, 0.15) is 0 Å². The monoisotopic (exact) mass is 401 g/mol. The third-order valence-electron chi connectivity index (χ3n) is 3.71. The second-order valence-corrected chi connectivity index (χ2v) is 7.88. The minimum atomic E-state index is -3.67. The van der Waals surface area contributed by atoms with Crippen LogP contribution in [0, 0.1) is 0 Å². The molecule has 0 atom stereocenters. The summed E-state index contributed by atoms with van der Waals surface area (Å²) in [4.78, 5) is 16.2. The molecule has 0 fully saturated rings. The molecule has 0 aliphatic carbocycles. The third-order valence-corrected chi connectivity index (χ3v) is 5.34. The molecule has 0 aliphatic rings. The zero-order valence-corrected chi connectivity index (χ0v) is 15.7. The number of aromatic nitrogens is 1. The molecule has 0 saturated heterocycles. The fraction of sp³-hybridized carbons (Fsp3) is 0.0526. The van der Waals surface area contributed by atoms with Gasteiger partial charge in [-0.25, -0.2) is 13.1 Å². The van der Waals surface area contributed by atoms with Crippen LogP contribution in [0.3, 0.4) is 0 Å². The highest BCUT2D eigenvalue weighted by atomic mass is 35.5. The maximum atomic E-state index is 12.3. The Morgan fingerprint density at radius 1 is 1.04 bits per heavy atom. The van der Waals surface area contributed by atoms with Crippen LogP contribution in [0.4, 0.5) is 5.69 Å². The minimum absolute atomic E-state index is 0.0966.